The molecular formula is C19H23ClN6O2. The van der Waals surface area contributed by atoms with Crippen LogP contribution >= 0.6 is 11.6 Å². The van der Waals surface area contributed by atoms with E-state index in [1.165, 1.54) is 0 Å². The highest BCUT2D eigenvalue weighted by atomic mass is 35.5. The van der Waals surface area contributed by atoms with E-state index in [2.05, 4.69) is 25.5 Å². The zero-order valence-corrected chi connectivity index (χ0v) is 16.7. The Balaban J connectivity index is 1.42. The van der Waals surface area contributed by atoms with Gasteiger partial charge in [0.15, 0.2) is 0 Å². The van der Waals surface area contributed by atoms with Crippen molar-refractivity contribution in [3.8, 4) is 11.4 Å². The van der Waals surface area contributed by atoms with E-state index in [4.69, 9.17) is 16.1 Å². The zero-order valence-electron chi connectivity index (χ0n) is 15.9. The number of halogens is 1. The maximum Gasteiger partial charge on any atom is 0.226 e. The Labute approximate surface area is 168 Å². The third kappa shape index (κ3) is 5.90. The summed E-state index contributed by atoms with van der Waals surface area (Å²) in [4.78, 5) is 18.5. The molecule has 0 spiro atoms. The standard InChI is InChI=1S/C19H23ClN6O2/c1-25(2)10-11-26-13-16(12-21-26)22-17(27)4-3-5-18-23-19(24-28-18)14-6-8-15(20)9-7-14/h6-9,12-13H,3-5,10-11H2,1-2H3,(H,22,27). The first-order valence-corrected chi connectivity index (χ1v) is 9.43. The van der Waals surface area contributed by atoms with E-state index >= 15 is 0 Å². The number of aryl methyl sites for hydroxylation is 1. The number of hydrogen-bond donors (Lipinski definition) is 1. The van der Waals surface area contributed by atoms with Gasteiger partial charge in [0.05, 0.1) is 18.4 Å². The van der Waals surface area contributed by atoms with Gasteiger partial charge in [-0.3, -0.25) is 9.48 Å². The van der Waals surface area contributed by atoms with Crippen molar-refractivity contribution in [1.29, 1.82) is 0 Å². The Hall–Kier alpha value is -2.71. The highest BCUT2D eigenvalue weighted by Crippen LogP contribution is 2.19. The third-order valence-electron chi connectivity index (χ3n) is 4.06. The molecule has 8 nitrogen and oxygen atoms in total. The predicted octanol–water partition coefficient (Wildman–Crippen LogP) is 3.11. The Kier molecular flexibility index (Phi) is 6.78. The number of benzene rings is 1. The number of aromatic nitrogens is 4. The molecule has 0 saturated carbocycles. The second-order valence-corrected chi connectivity index (χ2v) is 7.15. The lowest BCUT2D eigenvalue weighted by molar-refractivity contribution is -0.116. The maximum atomic E-state index is 12.1. The minimum absolute atomic E-state index is 0.0652. The van der Waals surface area contributed by atoms with E-state index in [9.17, 15) is 4.79 Å². The smallest absolute Gasteiger partial charge is 0.226 e. The van der Waals surface area contributed by atoms with E-state index in [1.807, 2.05) is 37.1 Å². The van der Waals surface area contributed by atoms with Gasteiger partial charge in [0.25, 0.3) is 0 Å². The first-order chi connectivity index (χ1) is 13.5. The van der Waals surface area contributed by atoms with E-state index < -0.39 is 0 Å². The van der Waals surface area contributed by atoms with Crippen molar-refractivity contribution in [1.82, 2.24) is 24.8 Å². The van der Waals surface area contributed by atoms with Crippen LogP contribution in [0.3, 0.4) is 0 Å². The van der Waals surface area contributed by atoms with Crippen LogP contribution in [0.1, 0.15) is 18.7 Å². The molecule has 0 radical (unpaired) electrons. The average molecular weight is 403 g/mol. The van der Waals surface area contributed by atoms with E-state index in [-0.39, 0.29) is 5.91 Å². The van der Waals surface area contributed by atoms with Gasteiger partial charge in [0, 0.05) is 36.2 Å². The van der Waals surface area contributed by atoms with E-state index in [1.54, 1.807) is 18.3 Å². The first kappa shape index (κ1) is 20.0. The van der Waals surface area contributed by atoms with Crippen LogP contribution in [-0.4, -0.2) is 51.4 Å². The number of nitrogens with zero attached hydrogens (tertiary/aromatic N) is 5. The lowest BCUT2D eigenvalue weighted by atomic mass is 10.2. The molecule has 0 aliphatic carbocycles. The van der Waals surface area contributed by atoms with Gasteiger partial charge in [-0.2, -0.15) is 10.1 Å². The number of carbonyl (C=O) groups excluding carboxylic acids is 1. The Morgan fingerprint density at radius 2 is 2.07 bits per heavy atom. The molecule has 3 aromatic rings. The monoisotopic (exact) mass is 402 g/mol. The lowest BCUT2D eigenvalue weighted by Crippen LogP contribution is -2.18. The van der Waals surface area contributed by atoms with Gasteiger partial charge in [0.2, 0.25) is 17.6 Å². The molecule has 2 aromatic heterocycles. The molecule has 148 valence electrons. The summed E-state index contributed by atoms with van der Waals surface area (Å²) in [5.41, 5.74) is 1.54. The van der Waals surface area contributed by atoms with Crippen LogP contribution in [0.4, 0.5) is 5.69 Å². The molecule has 0 unspecified atom stereocenters. The van der Waals surface area contributed by atoms with E-state index in [0.29, 0.717) is 41.7 Å². The van der Waals surface area contributed by atoms with Gasteiger partial charge in [-0.1, -0.05) is 16.8 Å². The minimum atomic E-state index is -0.0652. The van der Waals surface area contributed by atoms with E-state index in [0.717, 1.165) is 18.7 Å². The fraction of sp³-hybridized carbons (Fsp3) is 0.368. The average Bonchev–Trinajstić information content (AvgIpc) is 3.30. The summed E-state index contributed by atoms with van der Waals surface area (Å²) < 4.78 is 7.07. The van der Waals surface area contributed by atoms with Gasteiger partial charge in [-0.05, 0) is 44.8 Å². The highest BCUT2D eigenvalue weighted by Gasteiger charge is 2.10. The molecule has 28 heavy (non-hydrogen) atoms. The van der Waals surface area contributed by atoms with Gasteiger partial charge in [0.1, 0.15) is 0 Å². The summed E-state index contributed by atoms with van der Waals surface area (Å²) >= 11 is 5.88. The lowest BCUT2D eigenvalue weighted by Gasteiger charge is -2.08. The fourth-order valence-electron chi connectivity index (χ4n) is 2.55. The summed E-state index contributed by atoms with van der Waals surface area (Å²) in [5.74, 6) is 0.958. The topological polar surface area (TPSA) is 89.1 Å². The number of amides is 1. The highest BCUT2D eigenvalue weighted by molar-refractivity contribution is 6.30. The van der Waals surface area contributed by atoms with Crippen molar-refractivity contribution in [2.75, 3.05) is 26.0 Å². The Morgan fingerprint density at radius 3 is 2.82 bits per heavy atom. The van der Waals surface area contributed by atoms with Crippen LogP contribution in [0.25, 0.3) is 11.4 Å². The van der Waals surface area contributed by atoms with Crippen LogP contribution in [0.15, 0.2) is 41.2 Å². The summed E-state index contributed by atoms with van der Waals surface area (Å²) in [7, 11) is 4.02. The molecule has 0 aliphatic heterocycles. The predicted molar refractivity (Wildman–Crippen MR) is 107 cm³/mol. The summed E-state index contributed by atoms with van der Waals surface area (Å²) in [6.07, 6.45) is 5.00. The molecule has 0 atom stereocenters. The van der Waals surface area contributed by atoms with Gasteiger partial charge >= 0.3 is 0 Å². The van der Waals surface area contributed by atoms with Crippen molar-refractivity contribution >= 4 is 23.2 Å². The quantitative estimate of drug-likeness (QED) is 0.591. The number of carbonyl (C=O) groups is 1. The van der Waals surface area contributed by atoms with Gasteiger partial charge < -0.3 is 14.7 Å². The van der Waals surface area contributed by atoms with Gasteiger partial charge in [-0.15, -0.1) is 0 Å². The van der Waals surface area contributed by atoms with Crippen molar-refractivity contribution < 1.29 is 9.32 Å². The molecule has 0 bridgehead atoms. The van der Waals surface area contributed by atoms with Crippen molar-refractivity contribution in [3.63, 3.8) is 0 Å². The molecular weight excluding hydrogens is 380 g/mol. The summed E-state index contributed by atoms with van der Waals surface area (Å²) in [5, 5.41) is 11.7. The first-order valence-electron chi connectivity index (χ1n) is 9.05. The Morgan fingerprint density at radius 1 is 1.29 bits per heavy atom. The van der Waals surface area contributed by atoms with Crippen molar-refractivity contribution in [3.05, 3.63) is 47.6 Å². The number of likely N-dealkylation sites (N-methyl/N-ethyl adjacent to an activating group) is 1. The second kappa shape index (κ2) is 9.48. The maximum absolute atomic E-state index is 12.1. The van der Waals surface area contributed by atoms with Crippen molar-refractivity contribution in [2.45, 2.75) is 25.8 Å². The molecule has 1 amide bonds. The second-order valence-electron chi connectivity index (χ2n) is 6.72. The number of anilines is 1. The van der Waals surface area contributed by atoms with Crippen molar-refractivity contribution in [2.24, 2.45) is 0 Å². The van der Waals surface area contributed by atoms with Crippen LogP contribution < -0.4 is 5.32 Å². The SMILES string of the molecule is CN(C)CCn1cc(NC(=O)CCCc2nc(-c3ccc(Cl)cc3)no2)cn1. The van der Waals surface area contributed by atoms with Crippen LogP contribution in [0.5, 0.6) is 0 Å². The molecule has 9 heteroatoms. The van der Waals surface area contributed by atoms with Crippen LogP contribution in [-0.2, 0) is 17.8 Å². The van der Waals surface area contributed by atoms with Crippen LogP contribution in [0, 0.1) is 0 Å². The molecule has 0 aliphatic rings. The minimum Gasteiger partial charge on any atom is -0.339 e. The fourth-order valence-corrected chi connectivity index (χ4v) is 2.68. The normalized spacial score (nSPS) is 11.1. The largest absolute Gasteiger partial charge is 0.339 e. The number of rotatable bonds is 9. The Bertz CT molecular complexity index is 903. The molecule has 1 aromatic carbocycles. The van der Waals surface area contributed by atoms with Gasteiger partial charge in [-0.25, -0.2) is 0 Å². The molecule has 0 fully saturated rings. The summed E-state index contributed by atoms with van der Waals surface area (Å²) in [6, 6.07) is 7.23. The van der Waals surface area contributed by atoms with Crippen LogP contribution in [0.2, 0.25) is 5.02 Å². The zero-order chi connectivity index (χ0) is 19.9. The molecule has 0 saturated heterocycles. The molecule has 2 heterocycles. The number of hydrogen-bond acceptors (Lipinski definition) is 6. The summed E-state index contributed by atoms with van der Waals surface area (Å²) in [6.45, 7) is 1.66. The molecule has 1 N–H and O–H groups in total. The third-order valence-corrected chi connectivity index (χ3v) is 4.31. The number of nitrogens with one attached hydrogen (secondary N) is 1. The molecule has 3 rings (SSSR count).